The van der Waals surface area contributed by atoms with Crippen molar-refractivity contribution in [3.05, 3.63) is 95.1 Å². The van der Waals surface area contributed by atoms with Gasteiger partial charge in [-0.05, 0) is 48.2 Å². The van der Waals surface area contributed by atoms with Crippen molar-refractivity contribution in [1.29, 1.82) is 0 Å². The van der Waals surface area contributed by atoms with Gasteiger partial charge in [-0.15, -0.1) is 0 Å². The molecule has 5 rings (SSSR count). The highest BCUT2D eigenvalue weighted by Gasteiger charge is 2.39. The van der Waals surface area contributed by atoms with E-state index >= 15 is 4.39 Å². The number of carboxylic acid groups (broad SMARTS) is 1. The minimum Gasteiger partial charge on any atom is -0.465 e. The number of ether oxygens (including phenoxy) is 2. The van der Waals surface area contributed by atoms with E-state index in [2.05, 4.69) is 20.9 Å². The van der Waals surface area contributed by atoms with Gasteiger partial charge in [0, 0.05) is 50.6 Å². The Hall–Kier alpha value is -4.00. The third kappa shape index (κ3) is 7.51. The molecule has 4 N–H and O–H groups in total. The van der Waals surface area contributed by atoms with E-state index in [9.17, 15) is 23.5 Å². The Labute approximate surface area is 246 Å². The summed E-state index contributed by atoms with van der Waals surface area (Å²) in [6.07, 6.45) is 2.90. The Morgan fingerprint density at radius 3 is 2.23 bits per heavy atom. The second kappa shape index (κ2) is 13.5. The normalized spacial score (nSPS) is 18.7. The highest BCUT2D eigenvalue weighted by atomic mass is 19.1. The van der Waals surface area contributed by atoms with Gasteiger partial charge in [0.15, 0.2) is 0 Å². The lowest BCUT2D eigenvalue weighted by Crippen LogP contribution is -2.56. The molecule has 9 nitrogen and oxygen atoms in total. The first-order valence-corrected chi connectivity index (χ1v) is 14.1. The maximum Gasteiger partial charge on any atom is 0.405 e. The fraction of sp³-hybridized carbons (Fsp3) is 0.387. The van der Waals surface area contributed by atoms with Crippen molar-refractivity contribution < 1.29 is 37.3 Å². The number of aromatic nitrogens is 1. The molecule has 0 saturated carbocycles. The molecule has 43 heavy (non-hydrogen) atoms. The van der Waals surface area contributed by atoms with Gasteiger partial charge >= 0.3 is 6.09 Å². The Morgan fingerprint density at radius 2 is 1.63 bits per heavy atom. The number of rotatable bonds is 9. The first kappa shape index (κ1) is 30.5. The fourth-order valence-corrected chi connectivity index (χ4v) is 5.79. The van der Waals surface area contributed by atoms with Crippen molar-refractivity contribution in [2.24, 2.45) is 0 Å². The molecule has 2 fully saturated rings. The van der Waals surface area contributed by atoms with Gasteiger partial charge < -0.3 is 30.5 Å². The second-order valence-electron chi connectivity index (χ2n) is 10.8. The molecule has 0 aliphatic carbocycles. The molecule has 2 aliphatic rings. The molecule has 1 spiro atoms. The van der Waals surface area contributed by atoms with E-state index in [0.29, 0.717) is 37.3 Å². The first-order chi connectivity index (χ1) is 20.7. The van der Waals surface area contributed by atoms with Gasteiger partial charge in [-0.25, -0.2) is 18.0 Å². The molecule has 2 amide bonds. The monoisotopic (exact) mass is 598 g/mol. The largest absolute Gasteiger partial charge is 0.465 e. The van der Waals surface area contributed by atoms with E-state index in [1.807, 2.05) is 0 Å². The van der Waals surface area contributed by atoms with Crippen molar-refractivity contribution in [2.75, 3.05) is 31.6 Å². The van der Waals surface area contributed by atoms with Crippen LogP contribution in [0.15, 0.2) is 60.9 Å². The molecule has 0 radical (unpaired) electrons. The molecule has 1 aromatic heterocycles. The minimum absolute atomic E-state index is 0.0868. The van der Waals surface area contributed by atoms with Crippen molar-refractivity contribution in [1.82, 2.24) is 15.6 Å². The number of anilines is 1. The number of amides is 2. The third-order valence-corrected chi connectivity index (χ3v) is 7.97. The summed E-state index contributed by atoms with van der Waals surface area (Å²) in [6, 6.07) is 8.97. The smallest absolute Gasteiger partial charge is 0.405 e. The van der Waals surface area contributed by atoms with Gasteiger partial charge in [0.1, 0.15) is 23.5 Å². The standard InChI is InChI=1S/C31H33F3N4O5/c32-21-5-1-19(2-6-21)27(20-3-7-22(33)8-4-20)28(38-30(40)41)29(39)37-26-17-35-16-25(34)24(26)10-9-23-15-36-18-31(43-23)11-13-42-14-12-31/h1-8,16-17,23,27-28,36,38H,9-15,18H2,(H,37,39)(H,40,41). The molecule has 2 unspecified atom stereocenters. The summed E-state index contributed by atoms with van der Waals surface area (Å²) in [6.45, 7) is 2.55. The molecule has 2 aliphatic heterocycles. The molecule has 0 bridgehead atoms. The first-order valence-electron chi connectivity index (χ1n) is 14.1. The summed E-state index contributed by atoms with van der Waals surface area (Å²) in [5, 5.41) is 18.0. The van der Waals surface area contributed by atoms with Crippen molar-refractivity contribution in [3.63, 3.8) is 0 Å². The average Bonchev–Trinajstić information content (AvgIpc) is 2.98. The number of carbonyl (C=O) groups is 2. The Morgan fingerprint density at radius 1 is 1.00 bits per heavy atom. The topological polar surface area (TPSA) is 122 Å². The number of morpholine rings is 1. The van der Waals surface area contributed by atoms with E-state index in [4.69, 9.17) is 9.47 Å². The number of nitrogens with one attached hydrogen (secondary N) is 3. The maximum atomic E-state index is 15.1. The average molecular weight is 599 g/mol. The molecular weight excluding hydrogens is 565 g/mol. The van der Waals surface area contributed by atoms with E-state index in [-0.39, 0.29) is 29.4 Å². The minimum atomic E-state index is -1.49. The number of pyridine rings is 1. The number of halogens is 3. The SMILES string of the molecule is O=C(O)NC(C(=O)Nc1cncc(F)c1CCC1CNCC2(CCOCC2)O1)C(c1ccc(F)cc1)c1ccc(F)cc1. The van der Waals surface area contributed by atoms with Crippen LogP contribution in [0.2, 0.25) is 0 Å². The van der Waals surface area contributed by atoms with Gasteiger partial charge in [0.25, 0.3) is 0 Å². The highest BCUT2D eigenvalue weighted by molar-refractivity contribution is 5.98. The zero-order valence-corrected chi connectivity index (χ0v) is 23.3. The summed E-state index contributed by atoms with van der Waals surface area (Å²) in [7, 11) is 0. The molecule has 2 aromatic carbocycles. The van der Waals surface area contributed by atoms with Crippen LogP contribution >= 0.6 is 0 Å². The van der Waals surface area contributed by atoms with Crippen LogP contribution < -0.4 is 16.0 Å². The van der Waals surface area contributed by atoms with Crippen LogP contribution in [0.1, 0.15) is 41.9 Å². The zero-order valence-electron chi connectivity index (χ0n) is 23.3. The lowest BCUT2D eigenvalue weighted by atomic mass is 9.84. The molecule has 228 valence electrons. The van der Waals surface area contributed by atoms with E-state index in [1.165, 1.54) is 54.7 Å². The van der Waals surface area contributed by atoms with Crippen LogP contribution in [0, 0.1) is 17.5 Å². The van der Waals surface area contributed by atoms with Gasteiger partial charge in [0.05, 0.1) is 29.8 Å². The van der Waals surface area contributed by atoms with Crippen LogP contribution in [0.25, 0.3) is 0 Å². The Balaban J connectivity index is 1.39. The van der Waals surface area contributed by atoms with Gasteiger partial charge in [0.2, 0.25) is 5.91 Å². The quantitative estimate of drug-likeness (QED) is 0.289. The van der Waals surface area contributed by atoms with Crippen LogP contribution in [0.3, 0.4) is 0 Å². The third-order valence-electron chi connectivity index (χ3n) is 7.97. The van der Waals surface area contributed by atoms with Gasteiger partial charge in [-0.3, -0.25) is 9.78 Å². The molecule has 12 heteroatoms. The Kier molecular flexibility index (Phi) is 9.59. The summed E-state index contributed by atoms with van der Waals surface area (Å²) < 4.78 is 54.5. The number of benzene rings is 2. The van der Waals surface area contributed by atoms with Crippen LogP contribution in [-0.4, -0.2) is 66.1 Å². The number of nitrogens with zero attached hydrogens (tertiary/aromatic N) is 1. The summed E-state index contributed by atoms with van der Waals surface area (Å²) in [5.41, 5.74) is 0.781. The van der Waals surface area contributed by atoms with Gasteiger partial charge in [-0.2, -0.15) is 0 Å². The summed E-state index contributed by atoms with van der Waals surface area (Å²) in [4.78, 5) is 29.5. The van der Waals surface area contributed by atoms with E-state index in [0.717, 1.165) is 25.6 Å². The molecule has 3 heterocycles. The van der Waals surface area contributed by atoms with Crippen molar-refractivity contribution >= 4 is 17.7 Å². The molecule has 3 aromatic rings. The Bertz CT molecular complexity index is 1370. The van der Waals surface area contributed by atoms with E-state index < -0.39 is 41.4 Å². The summed E-state index contributed by atoms with van der Waals surface area (Å²) in [5.74, 6) is -3.45. The predicted molar refractivity (Wildman–Crippen MR) is 151 cm³/mol. The van der Waals surface area contributed by atoms with Crippen LogP contribution in [-0.2, 0) is 20.7 Å². The lowest BCUT2D eigenvalue weighted by Gasteiger charge is -2.44. The van der Waals surface area contributed by atoms with E-state index in [1.54, 1.807) is 0 Å². The van der Waals surface area contributed by atoms with Crippen LogP contribution in [0.4, 0.5) is 23.7 Å². The molecule has 2 atom stereocenters. The number of carbonyl (C=O) groups excluding carboxylic acids is 1. The fourth-order valence-electron chi connectivity index (χ4n) is 5.79. The lowest BCUT2D eigenvalue weighted by molar-refractivity contribution is -0.160. The maximum absolute atomic E-state index is 15.1. The molecule has 2 saturated heterocycles. The van der Waals surface area contributed by atoms with Crippen molar-refractivity contribution in [3.8, 4) is 0 Å². The van der Waals surface area contributed by atoms with Crippen LogP contribution in [0.5, 0.6) is 0 Å². The highest BCUT2D eigenvalue weighted by Crippen LogP contribution is 2.32. The number of hydrogen-bond acceptors (Lipinski definition) is 6. The van der Waals surface area contributed by atoms with Crippen molar-refractivity contribution in [2.45, 2.75) is 49.3 Å². The number of hydrogen-bond donors (Lipinski definition) is 4. The zero-order chi connectivity index (χ0) is 30.4. The molecular formula is C31H33F3N4O5. The van der Waals surface area contributed by atoms with Gasteiger partial charge in [-0.1, -0.05) is 24.3 Å². The second-order valence-corrected chi connectivity index (χ2v) is 10.8. The predicted octanol–water partition coefficient (Wildman–Crippen LogP) is 4.38. The summed E-state index contributed by atoms with van der Waals surface area (Å²) >= 11 is 0.